The van der Waals surface area contributed by atoms with Crippen molar-refractivity contribution in [2.45, 2.75) is 26.7 Å². The van der Waals surface area contributed by atoms with E-state index in [4.69, 9.17) is 4.74 Å². The molecule has 2 aromatic rings. The molecule has 0 aliphatic rings. The summed E-state index contributed by atoms with van der Waals surface area (Å²) >= 11 is 0. The standard InChI is InChI=1S/C14H17NO/c1-3-5-12-7-6-11-10-13(16-4-2)8-9-14(11)15-12/h6-10H,3-5H2,1-2H3. The molecule has 1 aromatic heterocycles. The van der Waals surface area contributed by atoms with E-state index in [1.54, 1.807) is 0 Å². The first-order valence-corrected chi connectivity index (χ1v) is 5.86. The van der Waals surface area contributed by atoms with Crippen molar-refractivity contribution in [1.29, 1.82) is 0 Å². The Morgan fingerprint density at radius 1 is 1.12 bits per heavy atom. The Morgan fingerprint density at radius 2 is 2.00 bits per heavy atom. The van der Waals surface area contributed by atoms with Gasteiger partial charge in [-0.2, -0.15) is 0 Å². The predicted molar refractivity (Wildman–Crippen MR) is 66.9 cm³/mol. The maximum atomic E-state index is 5.46. The van der Waals surface area contributed by atoms with Gasteiger partial charge in [0.1, 0.15) is 5.75 Å². The van der Waals surface area contributed by atoms with Gasteiger partial charge in [-0.1, -0.05) is 19.4 Å². The lowest BCUT2D eigenvalue weighted by molar-refractivity contribution is 0.340. The largest absolute Gasteiger partial charge is 0.494 e. The number of nitrogens with zero attached hydrogens (tertiary/aromatic N) is 1. The molecule has 0 saturated carbocycles. The highest BCUT2D eigenvalue weighted by molar-refractivity contribution is 5.80. The van der Waals surface area contributed by atoms with Crippen molar-refractivity contribution in [2.75, 3.05) is 6.61 Å². The quantitative estimate of drug-likeness (QED) is 0.777. The minimum atomic E-state index is 0.701. The molecule has 2 rings (SSSR count). The van der Waals surface area contributed by atoms with E-state index in [1.165, 1.54) is 5.69 Å². The molecular weight excluding hydrogens is 198 g/mol. The number of aromatic nitrogens is 1. The highest BCUT2D eigenvalue weighted by atomic mass is 16.5. The summed E-state index contributed by atoms with van der Waals surface area (Å²) in [4.78, 5) is 4.61. The fraction of sp³-hybridized carbons (Fsp3) is 0.357. The number of hydrogen-bond acceptors (Lipinski definition) is 2. The first-order chi connectivity index (χ1) is 7.83. The van der Waals surface area contributed by atoms with E-state index in [0.29, 0.717) is 6.61 Å². The predicted octanol–water partition coefficient (Wildman–Crippen LogP) is 3.59. The molecule has 0 aliphatic carbocycles. The van der Waals surface area contributed by atoms with Crippen LogP contribution in [-0.2, 0) is 6.42 Å². The fourth-order valence-electron chi connectivity index (χ4n) is 1.80. The summed E-state index contributed by atoms with van der Waals surface area (Å²) < 4.78 is 5.46. The van der Waals surface area contributed by atoms with Gasteiger partial charge in [-0.15, -0.1) is 0 Å². The number of ether oxygens (including phenoxy) is 1. The minimum Gasteiger partial charge on any atom is -0.494 e. The van der Waals surface area contributed by atoms with E-state index in [0.717, 1.165) is 29.5 Å². The van der Waals surface area contributed by atoms with Gasteiger partial charge in [-0.3, -0.25) is 4.98 Å². The molecule has 0 bridgehead atoms. The lowest BCUT2D eigenvalue weighted by atomic mass is 10.1. The van der Waals surface area contributed by atoms with Crippen LogP contribution in [0, 0.1) is 0 Å². The molecular formula is C14H17NO. The Hall–Kier alpha value is -1.57. The van der Waals surface area contributed by atoms with Crippen LogP contribution in [-0.4, -0.2) is 11.6 Å². The Kier molecular flexibility index (Phi) is 3.40. The molecule has 84 valence electrons. The maximum absolute atomic E-state index is 5.46. The van der Waals surface area contributed by atoms with Crippen LogP contribution in [0.3, 0.4) is 0 Å². The molecule has 0 saturated heterocycles. The van der Waals surface area contributed by atoms with Gasteiger partial charge in [0.25, 0.3) is 0 Å². The highest BCUT2D eigenvalue weighted by Crippen LogP contribution is 2.20. The summed E-state index contributed by atoms with van der Waals surface area (Å²) in [7, 11) is 0. The average Bonchev–Trinajstić information content (AvgIpc) is 2.30. The minimum absolute atomic E-state index is 0.701. The van der Waals surface area contributed by atoms with Crippen molar-refractivity contribution in [1.82, 2.24) is 4.98 Å². The van der Waals surface area contributed by atoms with Crippen LogP contribution in [0.15, 0.2) is 30.3 Å². The molecule has 2 nitrogen and oxygen atoms in total. The molecule has 0 unspecified atom stereocenters. The molecule has 0 amide bonds. The summed E-state index contributed by atoms with van der Waals surface area (Å²) in [6, 6.07) is 10.3. The summed E-state index contributed by atoms with van der Waals surface area (Å²) in [6.45, 7) is 4.86. The SMILES string of the molecule is CCCc1ccc2cc(OCC)ccc2n1. The molecule has 1 heterocycles. The second-order valence-electron chi connectivity index (χ2n) is 3.84. The van der Waals surface area contributed by atoms with Crippen molar-refractivity contribution in [2.24, 2.45) is 0 Å². The third-order valence-corrected chi connectivity index (χ3v) is 2.54. The van der Waals surface area contributed by atoms with Gasteiger partial charge in [-0.25, -0.2) is 0 Å². The van der Waals surface area contributed by atoms with E-state index in [1.807, 2.05) is 25.1 Å². The fourth-order valence-corrected chi connectivity index (χ4v) is 1.80. The Bertz CT molecular complexity index is 434. The van der Waals surface area contributed by atoms with Gasteiger partial charge in [0.15, 0.2) is 0 Å². The van der Waals surface area contributed by atoms with Gasteiger partial charge < -0.3 is 4.74 Å². The monoisotopic (exact) mass is 215 g/mol. The van der Waals surface area contributed by atoms with E-state index >= 15 is 0 Å². The van der Waals surface area contributed by atoms with Crippen LogP contribution in [0.5, 0.6) is 5.75 Å². The second-order valence-corrected chi connectivity index (χ2v) is 3.84. The summed E-state index contributed by atoms with van der Waals surface area (Å²) in [6.07, 6.45) is 2.18. The Morgan fingerprint density at radius 3 is 2.75 bits per heavy atom. The first kappa shape index (κ1) is 10.9. The topological polar surface area (TPSA) is 22.1 Å². The third-order valence-electron chi connectivity index (χ3n) is 2.54. The van der Waals surface area contributed by atoms with E-state index in [9.17, 15) is 0 Å². The normalized spacial score (nSPS) is 10.6. The summed E-state index contributed by atoms with van der Waals surface area (Å²) in [5, 5.41) is 1.14. The molecule has 0 spiro atoms. The van der Waals surface area contributed by atoms with Crippen molar-refractivity contribution < 1.29 is 4.74 Å². The number of fused-ring (bicyclic) bond motifs is 1. The van der Waals surface area contributed by atoms with Crippen LogP contribution < -0.4 is 4.74 Å². The van der Waals surface area contributed by atoms with Gasteiger partial charge >= 0.3 is 0 Å². The molecule has 1 aromatic carbocycles. The van der Waals surface area contributed by atoms with E-state index < -0.39 is 0 Å². The number of rotatable bonds is 4. The Balaban J connectivity index is 2.36. The van der Waals surface area contributed by atoms with E-state index in [-0.39, 0.29) is 0 Å². The lowest BCUT2D eigenvalue weighted by Gasteiger charge is -2.05. The summed E-state index contributed by atoms with van der Waals surface area (Å²) in [5.74, 6) is 0.917. The smallest absolute Gasteiger partial charge is 0.120 e. The maximum Gasteiger partial charge on any atom is 0.120 e. The molecule has 0 N–H and O–H groups in total. The molecule has 0 radical (unpaired) electrons. The molecule has 0 fully saturated rings. The van der Waals surface area contributed by atoms with Gasteiger partial charge in [0.05, 0.1) is 12.1 Å². The highest BCUT2D eigenvalue weighted by Gasteiger charge is 1.99. The van der Waals surface area contributed by atoms with Crippen molar-refractivity contribution in [3.63, 3.8) is 0 Å². The number of aryl methyl sites for hydroxylation is 1. The van der Waals surface area contributed by atoms with Gasteiger partial charge in [0.2, 0.25) is 0 Å². The van der Waals surface area contributed by atoms with Crippen molar-refractivity contribution in [3.05, 3.63) is 36.0 Å². The molecule has 0 aliphatic heterocycles. The second kappa shape index (κ2) is 4.97. The van der Waals surface area contributed by atoms with Crippen molar-refractivity contribution in [3.8, 4) is 5.75 Å². The van der Waals surface area contributed by atoms with Crippen LogP contribution in [0.25, 0.3) is 10.9 Å². The zero-order chi connectivity index (χ0) is 11.4. The molecule has 0 atom stereocenters. The number of hydrogen-bond donors (Lipinski definition) is 0. The zero-order valence-corrected chi connectivity index (χ0v) is 9.86. The Labute approximate surface area is 96.3 Å². The van der Waals surface area contributed by atoms with Gasteiger partial charge in [0, 0.05) is 11.1 Å². The summed E-state index contributed by atoms with van der Waals surface area (Å²) in [5.41, 5.74) is 2.22. The zero-order valence-electron chi connectivity index (χ0n) is 9.86. The van der Waals surface area contributed by atoms with Gasteiger partial charge in [-0.05, 0) is 37.6 Å². The molecule has 2 heteroatoms. The van der Waals surface area contributed by atoms with Crippen LogP contribution in [0.2, 0.25) is 0 Å². The van der Waals surface area contributed by atoms with Crippen LogP contribution >= 0.6 is 0 Å². The average molecular weight is 215 g/mol. The van der Waals surface area contributed by atoms with Crippen molar-refractivity contribution >= 4 is 10.9 Å². The molecule has 16 heavy (non-hydrogen) atoms. The van der Waals surface area contributed by atoms with E-state index in [2.05, 4.69) is 24.0 Å². The van der Waals surface area contributed by atoms with Crippen LogP contribution in [0.1, 0.15) is 26.0 Å². The first-order valence-electron chi connectivity index (χ1n) is 5.86. The lowest BCUT2D eigenvalue weighted by Crippen LogP contribution is -1.93. The van der Waals surface area contributed by atoms with Crippen LogP contribution in [0.4, 0.5) is 0 Å². The number of pyridine rings is 1. The third kappa shape index (κ3) is 2.32. The number of benzene rings is 1.